The Labute approximate surface area is 166 Å². The second-order valence-corrected chi connectivity index (χ2v) is 6.36. The van der Waals surface area contributed by atoms with Crippen LogP contribution in [0.15, 0.2) is 66.9 Å². The fourth-order valence-corrected chi connectivity index (χ4v) is 2.69. The van der Waals surface area contributed by atoms with Gasteiger partial charge in [0.1, 0.15) is 12.4 Å². The van der Waals surface area contributed by atoms with E-state index in [1.807, 2.05) is 30.3 Å². The van der Waals surface area contributed by atoms with E-state index in [0.29, 0.717) is 18.1 Å². The van der Waals surface area contributed by atoms with Crippen molar-refractivity contribution in [3.05, 3.63) is 95.3 Å². The van der Waals surface area contributed by atoms with Crippen molar-refractivity contribution in [1.29, 1.82) is 0 Å². The number of ether oxygens (including phenoxy) is 1. The first kappa shape index (κ1) is 20.4. The summed E-state index contributed by atoms with van der Waals surface area (Å²) in [5.41, 5.74) is 0.0319. The summed E-state index contributed by atoms with van der Waals surface area (Å²) in [5, 5.41) is 2.54. The summed E-state index contributed by atoms with van der Waals surface area (Å²) in [6.45, 7) is 2.03. The van der Waals surface area contributed by atoms with E-state index in [1.54, 1.807) is 19.1 Å². The maximum atomic E-state index is 13.1. The van der Waals surface area contributed by atoms with E-state index in [-0.39, 0.29) is 0 Å². The molecular weight excluding hydrogens is 381 g/mol. The summed E-state index contributed by atoms with van der Waals surface area (Å²) >= 11 is 0. The highest BCUT2D eigenvalue weighted by molar-refractivity contribution is 5.96. The van der Waals surface area contributed by atoms with Gasteiger partial charge in [0.25, 0.3) is 5.91 Å². The molecule has 0 spiro atoms. The number of rotatable bonds is 6. The van der Waals surface area contributed by atoms with Crippen LogP contribution in [0.5, 0.6) is 5.75 Å². The van der Waals surface area contributed by atoms with Crippen molar-refractivity contribution in [3.63, 3.8) is 0 Å². The van der Waals surface area contributed by atoms with Crippen LogP contribution in [-0.2, 0) is 12.8 Å². The molecule has 1 aromatic heterocycles. The summed E-state index contributed by atoms with van der Waals surface area (Å²) in [6, 6.07) is 17.9. The molecule has 0 aliphatic heterocycles. The van der Waals surface area contributed by atoms with Crippen LogP contribution < -0.4 is 10.1 Å². The molecule has 1 atom stereocenters. The number of carbonyl (C=O) groups is 1. The second-order valence-electron chi connectivity index (χ2n) is 6.36. The third-order valence-electron chi connectivity index (χ3n) is 4.21. The zero-order chi connectivity index (χ0) is 20.9. The highest BCUT2D eigenvalue weighted by Gasteiger charge is 2.35. The Balaban J connectivity index is 1.64. The average Bonchev–Trinajstić information content (AvgIpc) is 2.72. The van der Waals surface area contributed by atoms with Crippen molar-refractivity contribution in [1.82, 2.24) is 10.3 Å². The second kappa shape index (κ2) is 8.77. The molecule has 0 bridgehead atoms. The number of nitrogens with one attached hydrogen (secondary N) is 1. The first-order valence-corrected chi connectivity index (χ1v) is 8.85. The molecule has 0 aliphatic rings. The van der Waals surface area contributed by atoms with E-state index in [2.05, 4.69) is 16.4 Å². The number of alkyl halides is 3. The number of aromatic nitrogens is 1. The standard InChI is InChI=1S/C22H18F3N2O2/c1-15(27-21(28)18-9-5-6-10-19(18)22(23,24)25)20-12-11-17(13-26-20)29-14-16-7-3-2-4-8-16/h2-4,6-13,15H,14H2,1H3,(H,27,28)/t15-/m1/s1. The quantitative estimate of drug-likeness (QED) is 0.637. The van der Waals surface area contributed by atoms with Crippen molar-refractivity contribution >= 4 is 5.91 Å². The summed E-state index contributed by atoms with van der Waals surface area (Å²) in [4.78, 5) is 16.6. The fraction of sp³-hybridized carbons (Fsp3) is 0.182. The van der Waals surface area contributed by atoms with Gasteiger partial charge in [0.2, 0.25) is 0 Å². The average molecular weight is 399 g/mol. The van der Waals surface area contributed by atoms with Gasteiger partial charge in [-0.05, 0) is 42.8 Å². The predicted octanol–water partition coefficient (Wildman–Crippen LogP) is 4.97. The van der Waals surface area contributed by atoms with Gasteiger partial charge in [0, 0.05) is 0 Å². The minimum absolute atomic E-state index is 0.388. The SMILES string of the molecule is C[C@@H](NC(=O)c1c[c]ccc1C(F)(F)F)c1ccc(OCc2ccccc2)cn1. The molecule has 3 aromatic rings. The van der Waals surface area contributed by atoms with E-state index in [4.69, 9.17) is 4.74 Å². The van der Waals surface area contributed by atoms with Gasteiger partial charge in [-0.3, -0.25) is 9.78 Å². The summed E-state index contributed by atoms with van der Waals surface area (Å²) < 4.78 is 44.9. The van der Waals surface area contributed by atoms with E-state index in [0.717, 1.165) is 23.8 Å². The Morgan fingerprint density at radius 3 is 2.59 bits per heavy atom. The van der Waals surface area contributed by atoms with Crippen LogP contribution in [0.25, 0.3) is 0 Å². The van der Waals surface area contributed by atoms with Crippen molar-refractivity contribution < 1.29 is 22.7 Å². The largest absolute Gasteiger partial charge is 0.487 e. The monoisotopic (exact) mass is 399 g/mol. The van der Waals surface area contributed by atoms with E-state index < -0.39 is 29.3 Å². The Morgan fingerprint density at radius 1 is 1.17 bits per heavy atom. The van der Waals surface area contributed by atoms with E-state index in [1.165, 1.54) is 6.20 Å². The lowest BCUT2D eigenvalue weighted by Gasteiger charge is -2.16. The van der Waals surface area contributed by atoms with E-state index in [9.17, 15) is 18.0 Å². The number of halogens is 3. The molecular formula is C22H18F3N2O2. The molecule has 0 unspecified atom stereocenters. The lowest BCUT2D eigenvalue weighted by Crippen LogP contribution is -2.29. The fourth-order valence-electron chi connectivity index (χ4n) is 2.69. The number of hydrogen-bond acceptors (Lipinski definition) is 3. The molecule has 29 heavy (non-hydrogen) atoms. The molecule has 1 amide bonds. The third kappa shape index (κ3) is 5.34. The molecule has 4 nitrogen and oxygen atoms in total. The first-order chi connectivity index (χ1) is 13.8. The number of hydrogen-bond donors (Lipinski definition) is 1. The van der Waals surface area contributed by atoms with E-state index >= 15 is 0 Å². The Morgan fingerprint density at radius 2 is 1.93 bits per heavy atom. The molecule has 0 aliphatic carbocycles. The zero-order valence-electron chi connectivity index (χ0n) is 15.5. The van der Waals surface area contributed by atoms with Gasteiger partial charge in [-0.25, -0.2) is 0 Å². The zero-order valence-corrected chi connectivity index (χ0v) is 15.5. The van der Waals surface area contributed by atoms with Gasteiger partial charge in [-0.1, -0.05) is 36.4 Å². The molecule has 1 heterocycles. The summed E-state index contributed by atoms with van der Waals surface area (Å²) in [7, 11) is 0. The van der Waals surface area contributed by atoms with Crippen molar-refractivity contribution in [2.24, 2.45) is 0 Å². The molecule has 0 saturated carbocycles. The van der Waals surface area contributed by atoms with Crippen LogP contribution in [0.1, 0.15) is 40.1 Å². The predicted molar refractivity (Wildman–Crippen MR) is 101 cm³/mol. The van der Waals surface area contributed by atoms with Gasteiger partial charge in [-0.15, -0.1) is 0 Å². The highest BCUT2D eigenvalue weighted by Crippen LogP contribution is 2.32. The van der Waals surface area contributed by atoms with Crippen molar-refractivity contribution in [2.75, 3.05) is 0 Å². The van der Waals surface area contributed by atoms with Crippen LogP contribution >= 0.6 is 0 Å². The molecule has 3 rings (SSSR count). The Kier molecular flexibility index (Phi) is 6.16. The minimum Gasteiger partial charge on any atom is -0.487 e. The van der Waals surface area contributed by atoms with Crippen LogP contribution in [0.3, 0.4) is 0 Å². The van der Waals surface area contributed by atoms with Gasteiger partial charge in [-0.2, -0.15) is 13.2 Å². The molecule has 2 aromatic carbocycles. The Bertz CT molecular complexity index is 958. The number of carbonyl (C=O) groups excluding carboxylic acids is 1. The highest BCUT2D eigenvalue weighted by atomic mass is 19.4. The smallest absolute Gasteiger partial charge is 0.417 e. The molecule has 0 fully saturated rings. The third-order valence-corrected chi connectivity index (χ3v) is 4.21. The van der Waals surface area contributed by atoms with Gasteiger partial charge in [0.05, 0.1) is 29.1 Å². The molecule has 149 valence electrons. The normalized spacial score (nSPS) is 12.3. The molecule has 1 N–H and O–H groups in total. The Hall–Kier alpha value is -3.35. The number of pyridine rings is 1. The summed E-state index contributed by atoms with van der Waals surface area (Å²) in [5.74, 6) is -0.291. The number of nitrogens with zero attached hydrogens (tertiary/aromatic N) is 1. The molecule has 1 radical (unpaired) electrons. The maximum absolute atomic E-state index is 13.1. The van der Waals surface area contributed by atoms with Crippen LogP contribution in [0.4, 0.5) is 13.2 Å². The van der Waals surface area contributed by atoms with Crippen molar-refractivity contribution in [3.8, 4) is 5.75 Å². The van der Waals surface area contributed by atoms with Crippen molar-refractivity contribution in [2.45, 2.75) is 25.7 Å². The van der Waals surface area contributed by atoms with Gasteiger partial charge >= 0.3 is 6.18 Å². The molecule has 0 saturated heterocycles. The minimum atomic E-state index is -4.62. The van der Waals surface area contributed by atoms with Crippen LogP contribution in [0, 0.1) is 6.07 Å². The van der Waals surface area contributed by atoms with Gasteiger partial charge < -0.3 is 10.1 Å². The van der Waals surface area contributed by atoms with Gasteiger partial charge in [0.15, 0.2) is 0 Å². The topological polar surface area (TPSA) is 51.2 Å². The number of amides is 1. The maximum Gasteiger partial charge on any atom is 0.417 e. The first-order valence-electron chi connectivity index (χ1n) is 8.85. The van der Waals surface area contributed by atoms with Crippen LogP contribution in [-0.4, -0.2) is 10.9 Å². The number of benzene rings is 2. The lowest BCUT2D eigenvalue weighted by molar-refractivity contribution is -0.137. The molecule has 7 heteroatoms. The lowest BCUT2D eigenvalue weighted by atomic mass is 10.1. The van der Waals surface area contributed by atoms with Crippen LogP contribution in [0.2, 0.25) is 0 Å². The summed E-state index contributed by atoms with van der Waals surface area (Å²) in [6.07, 6.45) is -3.11.